The molecule has 1 aliphatic rings. The summed E-state index contributed by atoms with van der Waals surface area (Å²) in [5, 5.41) is 3.95. The number of benzene rings is 1. The lowest BCUT2D eigenvalue weighted by molar-refractivity contribution is -0.146. The molecule has 1 fully saturated rings. The monoisotopic (exact) mass is 270 g/mol. The number of piperidine rings is 1. The molecular weight excluding hydrogens is 256 g/mol. The Morgan fingerprint density at radius 1 is 1.30 bits per heavy atom. The fourth-order valence-corrected chi connectivity index (χ4v) is 2.25. The summed E-state index contributed by atoms with van der Waals surface area (Å²) < 4.78 is 0. The molecule has 1 unspecified atom stereocenters. The number of fused-ring (bicyclic) bond motifs is 1. The minimum absolute atomic E-state index is 0.146. The normalized spacial score (nSPS) is 19.4. The van der Waals surface area contributed by atoms with E-state index >= 15 is 0 Å². The van der Waals surface area contributed by atoms with Gasteiger partial charge < -0.3 is 5.32 Å². The van der Waals surface area contributed by atoms with Crippen molar-refractivity contribution < 1.29 is 9.59 Å². The third kappa shape index (κ3) is 2.20. The van der Waals surface area contributed by atoms with Gasteiger partial charge >= 0.3 is 0 Å². The molecule has 6 heteroatoms. The molecule has 0 saturated carbocycles. The third-order valence-electron chi connectivity index (χ3n) is 3.44. The van der Waals surface area contributed by atoms with Crippen LogP contribution in [-0.2, 0) is 9.59 Å². The van der Waals surface area contributed by atoms with E-state index in [1.54, 1.807) is 6.20 Å². The Balaban J connectivity index is 1.82. The Kier molecular flexibility index (Phi) is 3.06. The molecule has 2 amide bonds. The van der Waals surface area contributed by atoms with Crippen LogP contribution in [-0.4, -0.2) is 39.8 Å². The highest BCUT2D eigenvalue weighted by atomic mass is 16.2. The first-order valence-electron chi connectivity index (χ1n) is 6.44. The number of likely N-dealkylation sites (N-methyl/N-ethyl adjacent to an activating group) is 1. The van der Waals surface area contributed by atoms with Crippen LogP contribution < -0.4 is 5.32 Å². The van der Waals surface area contributed by atoms with Crippen molar-refractivity contribution in [1.82, 2.24) is 14.9 Å². The number of rotatable bonds is 2. The molecule has 1 aromatic carbocycles. The zero-order chi connectivity index (χ0) is 14.1. The lowest BCUT2D eigenvalue weighted by atomic mass is 10.1. The smallest absolute Gasteiger partial charge is 0.251 e. The van der Waals surface area contributed by atoms with Crippen molar-refractivity contribution in [2.45, 2.75) is 18.9 Å². The van der Waals surface area contributed by atoms with Gasteiger partial charge in [-0.05, 0) is 12.5 Å². The highest BCUT2D eigenvalue weighted by Gasteiger charge is 2.32. The van der Waals surface area contributed by atoms with Gasteiger partial charge in [-0.25, -0.2) is 9.97 Å². The van der Waals surface area contributed by atoms with Crippen LogP contribution in [0.1, 0.15) is 12.8 Å². The maximum Gasteiger partial charge on any atom is 0.251 e. The molecule has 6 nitrogen and oxygen atoms in total. The van der Waals surface area contributed by atoms with Crippen molar-refractivity contribution in [3.63, 3.8) is 0 Å². The Morgan fingerprint density at radius 3 is 2.95 bits per heavy atom. The van der Waals surface area contributed by atoms with Crippen LogP contribution in [0, 0.1) is 0 Å². The predicted octanol–water partition coefficient (Wildman–Crippen LogP) is 1.19. The zero-order valence-electron chi connectivity index (χ0n) is 11.0. The zero-order valence-corrected chi connectivity index (χ0v) is 11.0. The number of carbonyl (C=O) groups excluding carboxylic acids is 2. The standard InChI is InChI=1S/C14H14N4O2/c1-18-12(19)7-6-11(13(18)20)17-14-15-8-9-4-2-3-5-10(9)16-14/h2-5,8,11H,6-7H2,1H3,(H,15,16,17). The first-order valence-corrected chi connectivity index (χ1v) is 6.44. The van der Waals surface area contributed by atoms with E-state index in [4.69, 9.17) is 0 Å². The number of hydrogen-bond acceptors (Lipinski definition) is 5. The second kappa shape index (κ2) is 4.88. The molecule has 1 atom stereocenters. The van der Waals surface area contributed by atoms with Gasteiger partial charge in [-0.15, -0.1) is 0 Å². The average Bonchev–Trinajstić information content (AvgIpc) is 2.48. The molecule has 0 radical (unpaired) electrons. The van der Waals surface area contributed by atoms with E-state index < -0.39 is 6.04 Å². The van der Waals surface area contributed by atoms with E-state index in [1.165, 1.54) is 7.05 Å². The second-order valence-electron chi connectivity index (χ2n) is 4.78. The van der Waals surface area contributed by atoms with Gasteiger partial charge in [0.15, 0.2) is 0 Å². The first kappa shape index (κ1) is 12.5. The van der Waals surface area contributed by atoms with E-state index in [0.717, 1.165) is 15.8 Å². The Morgan fingerprint density at radius 2 is 2.10 bits per heavy atom. The van der Waals surface area contributed by atoms with Crippen LogP contribution in [0.2, 0.25) is 0 Å². The molecule has 0 bridgehead atoms. The predicted molar refractivity (Wildman–Crippen MR) is 74.0 cm³/mol. The molecule has 3 rings (SSSR count). The Bertz CT molecular complexity index is 686. The van der Waals surface area contributed by atoms with Gasteiger partial charge in [0.25, 0.3) is 5.91 Å². The van der Waals surface area contributed by atoms with E-state index in [1.807, 2.05) is 24.3 Å². The van der Waals surface area contributed by atoms with Crippen LogP contribution in [0.25, 0.3) is 10.9 Å². The van der Waals surface area contributed by atoms with Crippen molar-refractivity contribution in [2.75, 3.05) is 12.4 Å². The van der Waals surface area contributed by atoms with E-state index in [0.29, 0.717) is 18.8 Å². The number of para-hydroxylation sites is 1. The number of hydrogen-bond donors (Lipinski definition) is 1. The summed E-state index contributed by atoms with van der Waals surface area (Å²) in [6.07, 6.45) is 2.54. The van der Waals surface area contributed by atoms with Gasteiger partial charge in [0.2, 0.25) is 11.9 Å². The summed E-state index contributed by atoms with van der Waals surface area (Å²) in [6, 6.07) is 7.19. The summed E-state index contributed by atoms with van der Waals surface area (Å²) in [5.74, 6) is 0.0234. The highest BCUT2D eigenvalue weighted by molar-refractivity contribution is 6.01. The number of anilines is 1. The SMILES string of the molecule is CN1C(=O)CCC(Nc2ncc3ccccc3n2)C1=O. The first-order chi connectivity index (χ1) is 9.65. The quantitative estimate of drug-likeness (QED) is 0.830. The van der Waals surface area contributed by atoms with Gasteiger partial charge in [-0.3, -0.25) is 14.5 Å². The van der Waals surface area contributed by atoms with E-state index in [9.17, 15) is 9.59 Å². The number of nitrogens with zero attached hydrogens (tertiary/aromatic N) is 3. The molecule has 1 saturated heterocycles. The van der Waals surface area contributed by atoms with Crippen molar-refractivity contribution in [3.8, 4) is 0 Å². The number of amides is 2. The summed E-state index contributed by atoms with van der Waals surface area (Å²) in [7, 11) is 1.50. The molecular formula is C14H14N4O2. The lowest BCUT2D eigenvalue weighted by Crippen LogP contribution is -2.48. The number of nitrogens with one attached hydrogen (secondary N) is 1. The number of aromatic nitrogens is 2. The summed E-state index contributed by atoms with van der Waals surface area (Å²) in [4.78, 5) is 33.1. The second-order valence-corrected chi connectivity index (χ2v) is 4.78. The van der Waals surface area contributed by atoms with Crippen LogP contribution in [0.15, 0.2) is 30.5 Å². The summed E-state index contributed by atoms with van der Waals surface area (Å²) in [6.45, 7) is 0. The summed E-state index contributed by atoms with van der Waals surface area (Å²) in [5.41, 5.74) is 0.817. The Hall–Kier alpha value is -2.50. The van der Waals surface area contributed by atoms with E-state index in [2.05, 4.69) is 15.3 Å². The van der Waals surface area contributed by atoms with Gasteiger partial charge in [-0.2, -0.15) is 0 Å². The van der Waals surface area contributed by atoms with Crippen LogP contribution in [0.5, 0.6) is 0 Å². The van der Waals surface area contributed by atoms with Gasteiger partial charge in [-0.1, -0.05) is 18.2 Å². The maximum absolute atomic E-state index is 12.0. The molecule has 0 aliphatic carbocycles. The van der Waals surface area contributed by atoms with Crippen molar-refractivity contribution in [1.29, 1.82) is 0 Å². The molecule has 1 aliphatic heterocycles. The molecule has 102 valence electrons. The Labute approximate surface area is 115 Å². The van der Waals surface area contributed by atoms with Crippen LogP contribution in [0.4, 0.5) is 5.95 Å². The van der Waals surface area contributed by atoms with Crippen molar-refractivity contribution >= 4 is 28.7 Å². The third-order valence-corrected chi connectivity index (χ3v) is 3.44. The topological polar surface area (TPSA) is 75.2 Å². The lowest BCUT2D eigenvalue weighted by Gasteiger charge is -2.28. The number of carbonyl (C=O) groups is 2. The minimum atomic E-state index is -0.445. The molecule has 20 heavy (non-hydrogen) atoms. The van der Waals surface area contributed by atoms with Crippen LogP contribution in [0.3, 0.4) is 0 Å². The molecule has 2 heterocycles. The molecule has 0 spiro atoms. The fraction of sp³-hybridized carbons (Fsp3) is 0.286. The molecule has 2 aromatic rings. The minimum Gasteiger partial charge on any atom is -0.342 e. The summed E-state index contributed by atoms with van der Waals surface area (Å²) >= 11 is 0. The molecule has 1 N–H and O–H groups in total. The van der Waals surface area contributed by atoms with Crippen molar-refractivity contribution in [3.05, 3.63) is 30.5 Å². The van der Waals surface area contributed by atoms with Crippen LogP contribution >= 0.6 is 0 Å². The number of imide groups is 1. The highest BCUT2D eigenvalue weighted by Crippen LogP contribution is 2.17. The van der Waals surface area contributed by atoms with Crippen molar-refractivity contribution in [2.24, 2.45) is 0 Å². The van der Waals surface area contributed by atoms with Gasteiger partial charge in [0.05, 0.1) is 5.52 Å². The number of likely N-dealkylation sites (tertiary alicyclic amines) is 1. The van der Waals surface area contributed by atoms with Gasteiger partial charge in [0, 0.05) is 25.1 Å². The van der Waals surface area contributed by atoms with E-state index in [-0.39, 0.29) is 11.8 Å². The van der Waals surface area contributed by atoms with Gasteiger partial charge in [0.1, 0.15) is 6.04 Å². The maximum atomic E-state index is 12.0. The molecule has 1 aromatic heterocycles. The largest absolute Gasteiger partial charge is 0.342 e. The average molecular weight is 270 g/mol. The fourth-order valence-electron chi connectivity index (χ4n) is 2.25.